The Labute approximate surface area is 99.5 Å². The molecule has 2 heteroatoms. The summed E-state index contributed by atoms with van der Waals surface area (Å²) in [6.07, 6.45) is 1.15. The van der Waals surface area contributed by atoms with Crippen molar-refractivity contribution in [2.45, 2.75) is 46.2 Å². The molecule has 2 atom stereocenters. The molecular formula is C14H24N2. The average molecular weight is 220 g/mol. The summed E-state index contributed by atoms with van der Waals surface area (Å²) in [7, 11) is 0. The van der Waals surface area contributed by atoms with Crippen molar-refractivity contribution in [1.82, 2.24) is 0 Å². The van der Waals surface area contributed by atoms with Crippen LogP contribution in [0.1, 0.15) is 45.7 Å². The van der Waals surface area contributed by atoms with Crippen LogP contribution in [0.25, 0.3) is 0 Å². The summed E-state index contributed by atoms with van der Waals surface area (Å²) in [6, 6.07) is 9.11. The fourth-order valence-corrected chi connectivity index (χ4v) is 2.07. The monoisotopic (exact) mass is 220 g/mol. The van der Waals surface area contributed by atoms with Crippen molar-refractivity contribution < 1.29 is 0 Å². The van der Waals surface area contributed by atoms with Gasteiger partial charge < -0.3 is 10.6 Å². The number of anilines is 1. The highest BCUT2D eigenvalue weighted by Gasteiger charge is 2.15. The summed E-state index contributed by atoms with van der Waals surface area (Å²) in [5, 5.41) is 0. The van der Waals surface area contributed by atoms with Gasteiger partial charge in [-0.25, -0.2) is 0 Å². The van der Waals surface area contributed by atoms with Crippen LogP contribution in [-0.2, 0) is 0 Å². The minimum Gasteiger partial charge on any atom is -0.369 e. The number of benzene rings is 1. The normalized spacial score (nSPS) is 14.6. The second-order valence-corrected chi connectivity index (χ2v) is 4.39. The van der Waals surface area contributed by atoms with Crippen molar-refractivity contribution in [2.75, 3.05) is 11.4 Å². The molecule has 0 fully saturated rings. The molecule has 0 radical (unpaired) electrons. The quantitative estimate of drug-likeness (QED) is 0.824. The highest BCUT2D eigenvalue weighted by atomic mass is 15.2. The number of para-hydroxylation sites is 1. The molecule has 0 aliphatic carbocycles. The lowest BCUT2D eigenvalue weighted by molar-refractivity contribution is 0.624. The lowest BCUT2D eigenvalue weighted by atomic mass is 10.0. The minimum absolute atomic E-state index is 0.0920. The standard InChI is InChI=1S/C14H24N2/c1-5-11(3)16(6-2)14-10-8-7-9-13(14)12(4)15/h7-12H,5-6,15H2,1-4H3/t11?,12-/m1/s1. The van der Waals surface area contributed by atoms with Gasteiger partial charge in [-0.3, -0.25) is 0 Å². The number of hydrogen-bond donors (Lipinski definition) is 1. The first kappa shape index (κ1) is 13.0. The van der Waals surface area contributed by atoms with E-state index in [4.69, 9.17) is 5.73 Å². The van der Waals surface area contributed by atoms with E-state index in [0.717, 1.165) is 13.0 Å². The Morgan fingerprint density at radius 2 is 1.81 bits per heavy atom. The van der Waals surface area contributed by atoms with Crippen molar-refractivity contribution in [1.29, 1.82) is 0 Å². The van der Waals surface area contributed by atoms with Crippen molar-refractivity contribution >= 4 is 5.69 Å². The Morgan fingerprint density at radius 3 is 2.31 bits per heavy atom. The highest BCUT2D eigenvalue weighted by Crippen LogP contribution is 2.27. The van der Waals surface area contributed by atoms with E-state index in [9.17, 15) is 0 Å². The first-order chi connectivity index (χ1) is 7.61. The third kappa shape index (κ3) is 2.76. The maximum Gasteiger partial charge on any atom is 0.0416 e. The van der Waals surface area contributed by atoms with Gasteiger partial charge in [0.2, 0.25) is 0 Å². The fourth-order valence-electron chi connectivity index (χ4n) is 2.07. The fraction of sp³-hybridized carbons (Fsp3) is 0.571. The zero-order chi connectivity index (χ0) is 12.1. The van der Waals surface area contributed by atoms with E-state index in [2.05, 4.69) is 49.9 Å². The molecule has 0 amide bonds. The van der Waals surface area contributed by atoms with Crippen LogP contribution in [0.5, 0.6) is 0 Å². The van der Waals surface area contributed by atoms with Crippen LogP contribution < -0.4 is 10.6 Å². The molecule has 1 rings (SSSR count). The van der Waals surface area contributed by atoms with Crippen molar-refractivity contribution in [3.05, 3.63) is 29.8 Å². The van der Waals surface area contributed by atoms with Crippen LogP contribution in [0, 0.1) is 0 Å². The van der Waals surface area contributed by atoms with Gasteiger partial charge in [0.15, 0.2) is 0 Å². The number of nitrogens with zero attached hydrogens (tertiary/aromatic N) is 1. The van der Waals surface area contributed by atoms with Crippen LogP contribution in [0.2, 0.25) is 0 Å². The van der Waals surface area contributed by atoms with Gasteiger partial charge in [0.25, 0.3) is 0 Å². The molecule has 1 aromatic carbocycles. The molecule has 0 aromatic heterocycles. The topological polar surface area (TPSA) is 29.3 Å². The Kier molecular flexibility index (Phi) is 4.81. The summed E-state index contributed by atoms with van der Waals surface area (Å²) < 4.78 is 0. The van der Waals surface area contributed by atoms with E-state index in [-0.39, 0.29) is 6.04 Å². The molecule has 0 spiro atoms. The molecule has 0 aliphatic rings. The highest BCUT2D eigenvalue weighted by molar-refractivity contribution is 5.55. The molecule has 90 valence electrons. The van der Waals surface area contributed by atoms with E-state index < -0.39 is 0 Å². The second kappa shape index (κ2) is 5.90. The Hall–Kier alpha value is -1.02. The average Bonchev–Trinajstić information content (AvgIpc) is 2.30. The van der Waals surface area contributed by atoms with Gasteiger partial charge in [-0.2, -0.15) is 0 Å². The summed E-state index contributed by atoms with van der Waals surface area (Å²) >= 11 is 0. The number of rotatable bonds is 5. The van der Waals surface area contributed by atoms with Gasteiger partial charge in [-0.1, -0.05) is 25.1 Å². The molecule has 1 aromatic rings. The molecule has 0 heterocycles. The Balaban J connectivity index is 3.09. The molecular weight excluding hydrogens is 196 g/mol. The molecule has 0 aliphatic heterocycles. The first-order valence-electron chi connectivity index (χ1n) is 6.22. The first-order valence-corrected chi connectivity index (χ1v) is 6.22. The Bertz CT molecular complexity index is 320. The molecule has 16 heavy (non-hydrogen) atoms. The van der Waals surface area contributed by atoms with E-state index >= 15 is 0 Å². The molecule has 2 N–H and O–H groups in total. The summed E-state index contributed by atoms with van der Waals surface area (Å²) in [5.74, 6) is 0. The molecule has 0 saturated heterocycles. The van der Waals surface area contributed by atoms with Gasteiger partial charge in [0.1, 0.15) is 0 Å². The van der Waals surface area contributed by atoms with Crippen LogP contribution >= 0.6 is 0 Å². The van der Waals surface area contributed by atoms with Crippen molar-refractivity contribution in [3.8, 4) is 0 Å². The molecule has 0 saturated carbocycles. The van der Waals surface area contributed by atoms with Crippen LogP contribution in [0.15, 0.2) is 24.3 Å². The third-order valence-electron chi connectivity index (χ3n) is 3.20. The molecule has 1 unspecified atom stereocenters. The SMILES string of the molecule is CCC(C)N(CC)c1ccccc1[C@@H](C)N. The maximum absolute atomic E-state index is 6.02. The lowest BCUT2D eigenvalue weighted by Crippen LogP contribution is -2.33. The maximum atomic E-state index is 6.02. The number of nitrogens with two attached hydrogens (primary N) is 1. The predicted molar refractivity (Wildman–Crippen MR) is 71.8 cm³/mol. The molecule has 0 bridgehead atoms. The van der Waals surface area contributed by atoms with Gasteiger partial charge in [0.05, 0.1) is 0 Å². The van der Waals surface area contributed by atoms with E-state index in [1.54, 1.807) is 0 Å². The minimum atomic E-state index is 0.0920. The summed E-state index contributed by atoms with van der Waals surface area (Å²) in [6.45, 7) is 9.76. The van der Waals surface area contributed by atoms with Gasteiger partial charge in [-0.15, -0.1) is 0 Å². The van der Waals surface area contributed by atoms with Crippen LogP contribution in [-0.4, -0.2) is 12.6 Å². The smallest absolute Gasteiger partial charge is 0.0416 e. The zero-order valence-corrected chi connectivity index (χ0v) is 10.9. The lowest BCUT2D eigenvalue weighted by Gasteiger charge is -2.32. The van der Waals surface area contributed by atoms with Crippen LogP contribution in [0.4, 0.5) is 5.69 Å². The van der Waals surface area contributed by atoms with Gasteiger partial charge in [0, 0.05) is 24.3 Å². The van der Waals surface area contributed by atoms with E-state index in [1.807, 2.05) is 6.92 Å². The van der Waals surface area contributed by atoms with Gasteiger partial charge >= 0.3 is 0 Å². The van der Waals surface area contributed by atoms with Crippen LogP contribution in [0.3, 0.4) is 0 Å². The third-order valence-corrected chi connectivity index (χ3v) is 3.20. The largest absolute Gasteiger partial charge is 0.369 e. The second-order valence-electron chi connectivity index (χ2n) is 4.39. The van der Waals surface area contributed by atoms with E-state index in [0.29, 0.717) is 6.04 Å². The van der Waals surface area contributed by atoms with Crippen molar-refractivity contribution in [2.24, 2.45) is 5.73 Å². The number of hydrogen-bond acceptors (Lipinski definition) is 2. The van der Waals surface area contributed by atoms with E-state index in [1.165, 1.54) is 11.3 Å². The Morgan fingerprint density at radius 1 is 1.19 bits per heavy atom. The zero-order valence-electron chi connectivity index (χ0n) is 10.9. The summed E-state index contributed by atoms with van der Waals surface area (Å²) in [4.78, 5) is 2.43. The molecule has 2 nitrogen and oxygen atoms in total. The summed E-state index contributed by atoms with van der Waals surface area (Å²) in [5.41, 5.74) is 8.55. The van der Waals surface area contributed by atoms with Gasteiger partial charge in [-0.05, 0) is 38.8 Å². The predicted octanol–water partition coefficient (Wildman–Crippen LogP) is 3.33. The van der Waals surface area contributed by atoms with Crippen molar-refractivity contribution in [3.63, 3.8) is 0 Å².